The van der Waals surface area contributed by atoms with Crippen molar-refractivity contribution in [1.29, 1.82) is 5.26 Å². The maximum Gasteiger partial charge on any atom is 0.252 e. The number of fused-ring (bicyclic) bond motifs is 1. The van der Waals surface area contributed by atoms with Gasteiger partial charge in [-0.3, -0.25) is 4.79 Å². The molecule has 162 valence electrons. The van der Waals surface area contributed by atoms with Crippen LogP contribution in [0.5, 0.6) is 0 Å². The van der Waals surface area contributed by atoms with E-state index in [-0.39, 0.29) is 11.9 Å². The number of benzene rings is 1. The van der Waals surface area contributed by atoms with Crippen molar-refractivity contribution in [2.75, 3.05) is 12.3 Å². The summed E-state index contributed by atoms with van der Waals surface area (Å²) in [5.41, 5.74) is 9.16. The van der Waals surface area contributed by atoms with Gasteiger partial charge in [0, 0.05) is 24.2 Å². The van der Waals surface area contributed by atoms with Crippen LogP contribution in [0.3, 0.4) is 0 Å². The van der Waals surface area contributed by atoms with Crippen LogP contribution in [0.15, 0.2) is 48.8 Å². The maximum absolute atomic E-state index is 12.5. The fourth-order valence-corrected chi connectivity index (χ4v) is 3.54. The molecule has 0 unspecified atom stereocenters. The topological polar surface area (TPSA) is 127 Å². The third kappa shape index (κ3) is 4.03. The van der Waals surface area contributed by atoms with Gasteiger partial charge in [-0.05, 0) is 44.9 Å². The molecule has 0 bridgehead atoms. The van der Waals surface area contributed by atoms with Crippen molar-refractivity contribution in [2.24, 2.45) is 0 Å². The van der Waals surface area contributed by atoms with E-state index in [1.807, 2.05) is 48.9 Å². The number of nitriles is 1. The Balaban J connectivity index is 1.39. The number of carbonyl (C=O) groups excluding carboxylic acids is 1. The number of pyridine rings is 1. The molecule has 3 heterocycles. The van der Waals surface area contributed by atoms with Gasteiger partial charge in [0.1, 0.15) is 17.5 Å². The fraction of sp³-hybridized carbons (Fsp3) is 0.261. The van der Waals surface area contributed by atoms with E-state index in [2.05, 4.69) is 26.6 Å². The molecule has 0 aliphatic heterocycles. The number of para-hydroxylation sites is 1. The fourth-order valence-electron chi connectivity index (χ4n) is 3.54. The van der Waals surface area contributed by atoms with Crippen molar-refractivity contribution < 1.29 is 4.79 Å². The van der Waals surface area contributed by atoms with Gasteiger partial charge in [0.25, 0.3) is 5.91 Å². The van der Waals surface area contributed by atoms with Crippen molar-refractivity contribution in [1.82, 2.24) is 29.9 Å². The van der Waals surface area contributed by atoms with Gasteiger partial charge in [-0.15, -0.1) is 0 Å². The Kier molecular flexibility index (Phi) is 5.85. The number of hydrogen-bond donors (Lipinski definition) is 2. The first-order chi connectivity index (χ1) is 15.5. The minimum absolute atomic E-state index is 0.192. The van der Waals surface area contributed by atoms with E-state index in [4.69, 9.17) is 5.73 Å². The van der Waals surface area contributed by atoms with Gasteiger partial charge in [-0.25, -0.2) is 14.3 Å². The van der Waals surface area contributed by atoms with Crippen LogP contribution in [-0.2, 0) is 6.42 Å². The summed E-state index contributed by atoms with van der Waals surface area (Å²) in [6.45, 7) is 4.50. The number of amides is 1. The lowest BCUT2D eigenvalue weighted by molar-refractivity contribution is 0.0953. The first-order valence-corrected chi connectivity index (χ1v) is 10.4. The zero-order valence-electron chi connectivity index (χ0n) is 18.0. The Morgan fingerprint density at radius 2 is 2.03 bits per heavy atom. The van der Waals surface area contributed by atoms with Gasteiger partial charge in [-0.2, -0.15) is 15.5 Å². The lowest BCUT2D eigenvalue weighted by atomic mass is 10.1. The number of aromatic nitrogens is 5. The Hall–Kier alpha value is -4.19. The highest BCUT2D eigenvalue weighted by molar-refractivity contribution is 5.96. The molecular formula is C23H24N8O. The molecule has 4 aromatic rings. The highest BCUT2D eigenvalue weighted by Crippen LogP contribution is 2.21. The van der Waals surface area contributed by atoms with Crippen LogP contribution < -0.4 is 11.1 Å². The van der Waals surface area contributed by atoms with Crippen molar-refractivity contribution in [3.8, 4) is 11.8 Å². The van der Waals surface area contributed by atoms with E-state index in [1.165, 1.54) is 0 Å². The number of hydrogen-bond acceptors (Lipinski definition) is 6. The predicted octanol–water partition coefficient (Wildman–Crippen LogP) is 3.01. The van der Waals surface area contributed by atoms with Gasteiger partial charge in [0.15, 0.2) is 5.65 Å². The van der Waals surface area contributed by atoms with Crippen LogP contribution >= 0.6 is 0 Å². The minimum atomic E-state index is -0.202. The molecule has 9 nitrogen and oxygen atoms in total. The van der Waals surface area contributed by atoms with E-state index in [0.29, 0.717) is 42.0 Å². The number of nitrogen functional groups attached to an aromatic ring is 1. The molecule has 3 N–H and O–H groups in total. The third-order valence-corrected chi connectivity index (χ3v) is 5.17. The van der Waals surface area contributed by atoms with Crippen LogP contribution in [0.1, 0.15) is 47.9 Å². The molecule has 0 spiro atoms. The lowest BCUT2D eigenvalue weighted by Crippen LogP contribution is -2.25. The summed E-state index contributed by atoms with van der Waals surface area (Å²) in [7, 11) is 0. The number of anilines is 1. The van der Waals surface area contributed by atoms with Gasteiger partial charge in [0.05, 0.1) is 23.1 Å². The average Bonchev–Trinajstić information content (AvgIpc) is 3.37. The second-order valence-electron chi connectivity index (χ2n) is 7.75. The molecule has 3 aromatic heterocycles. The number of aryl methyl sites for hydroxylation is 1. The second kappa shape index (κ2) is 8.89. The summed E-state index contributed by atoms with van der Waals surface area (Å²) in [4.78, 5) is 16.9. The van der Waals surface area contributed by atoms with Crippen LogP contribution in [0.2, 0.25) is 0 Å². The average molecular weight is 429 g/mol. The summed E-state index contributed by atoms with van der Waals surface area (Å²) in [5, 5.41) is 22.1. The molecule has 4 rings (SSSR count). The Morgan fingerprint density at radius 3 is 2.75 bits per heavy atom. The van der Waals surface area contributed by atoms with Crippen LogP contribution in [0.25, 0.3) is 16.7 Å². The first kappa shape index (κ1) is 21.1. The van der Waals surface area contributed by atoms with Gasteiger partial charge in [-0.1, -0.05) is 18.2 Å². The van der Waals surface area contributed by atoms with E-state index in [9.17, 15) is 10.1 Å². The quantitative estimate of drug-likeness (QED) is 0.436. The monoisotopic (exact) mass is 428 g/mol. The molecule has 32 heavy (non-hydrogen) atoms. The molecule has 1 amide bonds. The smallest absolute Gasteiger partial charge is 0.252 e. The largest absolute Gasteiger partial charge is 0.382 e. The van der Waals surface area contributed by atoms with Crippen LogP contribution in [0, 0.1) is 11.3 Å². The molecule has 9 heteroatoms. The Labute approximate surface area is 185 Å². The van der Waals surface area contributed by atoms with Gasteiger partial charge in [0.2, 0.25) is 0 Å². The van der Waals surface area contributed by atoms with E-state index >= 15 is 0 Å². The van der Waals surface area contributed by atoms with Crippen molar-refractivity contribution in [2.45, 2.75) is 32.7 Å². The first-order valence-electron chi connectivity index (χ1n) is 10.4. The normalized spacial score (nSPS) is 11.1. The molecule has 0 aliphatic carbocycles. The summed E-state index contributed by atoms with van der Waals surface area (Å²) in [6, 6.07) is 13.6. The van der Waals surface area contributed by atoms with Gasteiger partial charge < -0.3 is 11.1 Å². The number of carbonyl (C=O) groups is 1. The minimum Gasteiger partial charge on any atom is -0.382 e. The third-order valence-electron chi connectivity index (χ3n) is 5.17. The van der Waals surface area contributed by atoms with Gasteiger partial charge >= 0.3 is 0 Å². The Bertz CT molecular complexity index is 1300. The molecule has 0 atom stereocenters. The molecule has 0 fully saturated rings. The van der Waals surface area contributed by atoms with E-state index < -0.39 is 0 Å². The number of nitrogens with zero attached hydrogens (tertiary/aromatic N) is 6. The van der Waals surface area contributed by atoms with E-state index in [1.54, 1.807) is 23.1 Å². The number of nitrogens with two attached hydrogens (primary N) is 1. The second-order valence-corrected chi connectivity index (χ2v) is 7.75. The molecular weight excluding hydrogens is 404 g/mol. The van der Waals surface area contributed by atoms with Crippen molar-refractivity contribution in [3.05, 3.63) is 65.6 Å². The van der Waals surface area contributed by atoms with Crippen LogP contribution in [0.4, 0.5) is 5.82 Å². The maximum atomic E-state index is 12.5. The van der Waals surface area contributed by atoms with Crippen molar-refractivity contribution >= 4 is 22.8 Å². The van der Waals surface area contributed by atoms with E-state index in [0.717, 1.165) is 16.7 Å². The highest BCUT2D eigenvalue weighted by Gasteiger charge is 2.16. The molecule has 0 radical (unpaired) electrons. The lowest BCUT2D eigenvalue weighted by Gasteiger charge is -2.07. The molecule has 0 saturated heterocycles. The zero-order valence-corrected chi connectivity index (χ0v) is 18.0. The number of nitrogens with one attached hydrogen (secondary N) is 1. The highest BCUT2D eigenvalue weighted by atomic mass is 16.1. The SMILES string of the molecule is CC(C)n1ncc2cc(C(=O)NCCCc3nn(-c4ccccc4)c(N)c3C#N)cnc21. The van der Waals surface area contributed by atoms with Crippen molar-refractivity contribution in [3.63, 3.8) is 0 Å². The molecule has 0 aliphatic rings. The summed E-state index contributed by atoms with van der Waals surface area (Å²) >= 11 is 0. The predicted molar refractivity (Wildman–Crippen MR) is 121 cm³/mol. The van der Waals surface area contributed by atoms with Crippen LogP contribution in [-0.4, -0.2) is 37.0 Å². The zero-order chi connectivity index (χ0) is 22.7. The summed E-state index contributed by atoms with van der Waals surface area (Å²) < 4.78 is 3.40. The summed E-state index contributed by atoms with van der Waals surface area (Å²) in [6.07, 6.45) is 4.42. The standard InChI is InChI=1S/C23H24N8O/c1-15(2)30-22-16(14-28-30)11-17(13-27-22)23(32)26-10-6-9-20-19(12-24)21(25)31(29-20)18-7-4-3-5-8-18/h3-5,7-8,11,13-15H,6,9-10,25H2,1-2H3,(H,26,32). The summed E-state index contributed by atoms with van der Waals surface area (Å²) in [5.74, 6) is 0.116. The molecule has 1 aromatic carbocycles. The Morgan fingerprint density at radius 1 is 1.25 bits per heavy atom. The number of rotatable bonds is 7. The molecule has 0 saturated carbocycles.